The van der Waals surface area contributed by atoms with Gasteiger partial charge in [0.05, 0.1) is 28.6 Å². The van der Waals surface area contributed by atoms with E-state index < -0.39 is 9.84 Å². The van der Waals surface area contributed by atoms with E-state index >= 15 is 0 Å². The maximum absolute atomic E-state index is 12.1. The first kappa shape index (κ1) is 21.0. The standard InChI is InChI=1S/C17H28N4O3S2/c1-12(16-13(2)25-14(3)19-16)20(4)11-15-10-18-17(26(6,22)23)21(15)8-7-9-24-5/h10,12H,7-9,11H2,1-6H3/t12-/m1/s1. The number of sulfone groups is 1. The number of hydrogen-bond acceptors (Lipinski definition) is 7. The predicted molar refractivity (Wildman–Crippen MR) is 103 cm³/mol. The molecule has 2 aromatic rings. The molecule has 146 valence electrons. The summed E-state index contributed by atoms with van der Waals surface area (Å²) in [5, 5.41) is 1.17. The number of aryl methyl sites for hydroxylation is 2. The monoisotopic (exact) mass is 400 g/mol. The third-order valence-electron chi connectivity index (χ3n) is 4.37. The Morgan fingerprint density at radius 2 is 2.08 bits per heavy atom. The van der Waals surface area contributed by atoms with Crippen LogP contribution in [-0.4, -0.2) is 54.9 Å². The van der Waals surface area contributed by atoms with E-state index in [2.05, 4.69) is 28.7 Å². The lowest BCUT2D eigenvalue weighted by atomic mass is 10.2. The summed E-state index contributed by atoms with van der Waals surface area (Å²) in [5.41, 5.74) is 1.95. The number of methoxy groups -OCH3 is 1. The fraction of sp³-hybridized carbons (Fsp3) is 0.647. The van der Waals surface area contributed by atoms with Gasteiger partial charge in [0.1, 0.15) is 0 Å². The zero-order valence-corrected chi connectivity index (χ0v) is 17.9. The van der Waals surface area contributed by atoms with Crippen molar-refractivity contribution in [3.05, 3.63) is 27.5 Å². The Balaban J connectivity index is 2.24. The highest BCUT2D eigenvalue weighted by atomic mass is 32.2. The van der Waals surface area contributed by atoms with Crippen molar-refractivity contribution in [2.45, 2.75) is 51.5 Å². The highest BCUT2D eigenvalue weighted by molar-refractivity contribution is 7.90. The number of ether oxygens (including phenoxy) is 1. The molecule has 26 heavy (non-hydrogen) atoms. The number of thiazole rings is 1. The van der Waals surface area contributed by atoms with Crippen molar-refractivity contribution in [1.29, 1.82) is 0 Å². The van der Waals surface area contributed by atoms with Gasteiger partial charge in [0.15, 0.2) is 0 Å². The second-order valence-electron chi connectivity index (χ2n) is 6.57. The molecule has 0 saturated heterocycles. The molecule has 0 fully saturated rings. The average Bonchev–Trinajstić information content (AvgIpc) is 3.09. The third kappa shape index (κ3) is 4.91. The van der Waals surface area contributed by atoms with Crippen LogP contribution in [0, 0.1) is 13.8 Å². The fourth-order valence-electron chi connectivity index (χ4n) is 2.95. The zero-order chi connectivity index (χ0) is 19.5. The minimum atomic E-state index is -3.38. The quantitative estimate of drug-likeness (QED) is 0.602. The van der Waals surface area contributed by atoms with E-state index in [9.17, 15) is 8.42 Å². The Morgan fingerprint density at radius 3 is 2.62 bits per heavy atom. The Hall–Kier alpha value is -1.29. The minimum absolute atomic E-state index is 0.116. The molecule has 0 aliphatic carbocycles. The molecule has 0 aliphatic heterocycles. The first-order valence-electron chi connectivity index (χ1n) is 8.52. The van der Waals surface area contributed by atoms with Crippen LogP contribution in [0.5, 0.6) is 0 Å². The summed E-state index contributed by atoms with van der Waals surface area (Å²) in [7, 11) is 0.279. The van der Waals surface area contributed by atoms with Crippen molar-refractivity contribution in [3.63, 3.8) is 0 Å². The van der Waals surface area contributed by atoms with Gasteiger partial charge in [-0.05, 0) is 34.2 Å². The smallest absolute Gasteiger partial charge is 0.227 e. The van der Waals surface area contributed by atoms with Crippen LogP contribution in [0.15, 0.2) is 11.4 Å². The van der Waals surface area contributed by atoms with Crippen LogP contribution in [-0.2, 0) is 27.7 Å². The molecule has 0 saturated carbocycles. The number of aromatic nitrogens is 3. The summed E-state index contributed by atoms with van der Waals surface area (Å²) >= 11 is 1.70. The molecular formula is C17H28N4O3S2. The fourth-order valence-corrected chi connectivity index (χ4v) is 4.72. The second kappa shape index (κ2) is 8.60. The molecule has 7 nitrogen and oxygen atoms in total. The summed E-state index contributed by atoms with van der Waals surface area (Å²) in [5.74, 6) is 0. The van der Waals surface area contributed by atoms with E-state index in [4.69, 9.17) is 4.74 Å². The van der Waals surface area contributed by atoms with Gasteiger partial charge in [-0.15, -0.1) is 11.3 Å². The molecule has 0 N–H and O–H groups in total. The lowest BCUT2D eigenvalue weighted by molar-refractivity contribution is 0.187. The number of nitrogens with zero attached hydrogens (tertiary/aromatic N) is 4. The molecule has 2 aromatic heterocycles. The number of imidazole rings is 1. The number of hydrogen-bond donors (Lipinski definition) is 0. The van der Waals surface area contributed by atoms with Gasteiger partial charge in [-0.3, -0.25) is 4.90 Å². The van der Waals surface area contributed by atoms with Gasteiger partial charge >= 0.3 is 0 Å². The Labute approximate surface area is 160 Å². The summed E-state index contributed by atoms with van der Waals surface area (Å²) in [4.78, 5) is 12.2. The molecule has 9 heteroatoms. The molecule has 0 amide bonds. The highest BCUT2D eigenvalue weighted by Gasteiger charge is 2.22. The Kier molecular flexibility index (Phi) is 6.95. The van der Waals surface area contributed by atoms with Crippen LogP contribution in [0.2, 0.25) is 0 Å². The third-order valence-corrected chi connectivity index (χ3v) is 6.26. The summed E-state index contributed by atoms with van der Waals surface area (Å²) in [6.07, 6.45) is 3.58. The molecule has 0 radical (unpaired) electrons. The Morgan fingerprint density at radius 1 is 1.38 bits per heavy atom. The highest BCUT2D eigenvalue weighted by Crippen LogP contribution is 2.27. The van der Waals surface area contributed by atoms with E-state index in [1.165, 1.54) is 11.1 Å². The topological polar surface area (TPSA) is 77.3 Å². The molecule has 0 spiro atoms. The molecule has 0 unspecified atom stereocenters. The van der Waals surface area contributed by atoms with Crippen LogP contribution in [0.3, 0.4) is 0 Å². The average molecular weight is 401 g/mol. The predicted octanol–water partition coefficient (Wildman–Crippen LogP) is 2.59. The van der Waals surface area contributed by atoms with E-state index in [0.29, 0.717) is 19.7 Å². The van der Waals surface area contributed by atoms with Crippen molar-refractivity contribution in [2.24, 2.45) is 0 Å². The van der Waals surface area contributed by atoms with Crippen molar-refractivity contribution in [1.82, 2.24) is 19.4 Å². The van der Waals surface area contributed by atoms with Gasteiger partial charge in [-0.2, -0.15) is 0 Å². The summed E-state index contributed by atoms with van der Waals surface area (Å²) in [6, 6.07) is 0.129. The minimum Gasteiger partial charge on any atom is -0.385 e. The van der Waals surface area contributed by atoms with Gasteiger partial charge in [0.25, 0.3) is 0 Å². The first-order chi connectivity index (χ1) is 12.1. The normalized spacial score (nSPS) is 13.5. The van der Waals surface area contributed by atoms with Crippen molar-refractivity contribution in [2.75, 3.05) is 27.0 Å². The maximum atomic E-state index is 12.1. The largest absolute Gasteiger partial charge is 0.385 e. The van der Waals surface area contributed by atoms with Crippen molar-refractivity contribution in [3.8, 4) is 0 Å². The zero-order valence-electron chi connectivity index (χ0n) is 16.3. The van der Waals surface area contributed by atoms with Gasteiger partial charge < -0.3 is 9.30 Å². The van der Waals surface area contributed by atoms with E-state index in [0.717, 1.165) is 22.8 Å². The van der Waals surface area contributed by atoms with Crippen LogP contribution >= 0.6 is 11.3 Å². The molecular weight excluding hydrogens is 372 g/mol. The van der Waals surface area contributed by atoms with E-state index in [1.807, 2.05) is 14.0 Å². The van der Waals surface area contributed by atoms with Crippen LogP contribution in [0.4, 0.5) is 0 Å². The van der Waals surface area contributed by atoms with Crippen LogP contribution in [0.25, 0.3) is 0 Å². The van der Waals surface area contributed by atoms with Gasteiger partial charge in [-0.25, -0.2) is 18.4 Å². The van der Waals surface area contributed by atoms with Gasteiger partial charge in [-0.1, -0.05) is 0 Å². The molecule has 0 bridgehead atoms. The second-order valence-corrected chi connectivity index (χ2v) is 9.88. The lowest BCUT2D eigenvalue weighted by Crippen LogP contribution is -2.25. The summed E-state index contributed by atoms with van der Waals surface area (Å²) < 4.78 is 31.0. The first-order valence-corrected chi connectivity index (χ1v) is 11.2. The number of rotatable bonds is 9. The van der Waals surface area contributed by atoms with Crippen molar-refractivity contribution >= 4 is 21.2 Å². The molecule has 2 heterocycles. The van der Waals surface area contributed by atoms with Crippen LogP contribution < -0.4 is 0 Å². The maximum Gasteiger partial charge on any atom is 0.227 e. The van der Waals surface area contributed by atoms with E-state index in [-0.39, 0.29) is 11.2 Å². The SMILES string of the molecule is COCCCn1c(CN(C)[C@H](C)c2nc(C)sc2C)cnc1S(C)(=O)=O. The molecule has 0 aromatic carbocycles. The lowest BCUT2D eigenvalue weighted by Gasteiger charge is -2.24. The molecule has 2 rings (SSSR count). The van der Waals surface area contributed by atoms with Crippen LogP contribution in [0.1, 0.15) is 40.7 Å². The molecule has 1 atom stereocenters. The molecule has 0 aliphatic rings. The Bertz CT molecular complexity index is 842. The summed E-state index contributed by atoms with van der Waals surface area (Å²) in [6.45, 7) is 7.93. The van der Waals surface area contributed by atoms with E-state index in [1.54, 1.807) is 29.2 Å². The van der Waals surface area contributed by atoms with Gasteiger partial charge in [0, 0.05) is 37.9 Å². The van der Waals surface area contributed by atoms with Crippen molar-refractivity contribution < 1.29 is 13.2 Å². The van der Waals surface area contributed by atoms with Gasteiger partial charge in [0.2, 0.25) is 15.0 Å².